The molecule has 0 aromatic heterocycles. The van der Waals surface area contributed by atoms with Gasteiger partial charge in [0.1, 0.15) is 12.7 Å². The second kappa shape index (κ2) is 20.5. The molecular weight excluding hydrogens is 488 g/mol. The highest BCUT2D eigenvalue weighted by atomic mass is 16.6. The van der Waals surface area contributed by atoms with Gasteiger partial charge in [-0.25, -0.2) is 4.79 Å². The van der Waals surface area contributed by atoms with Crippen molar-refractivity contribution in [2.45, 2.75) is 77.4 Å². The van der Waals surface area contributed by atoms with E-state index in [0.717, 1.165) is 55.9 Å². The van der Waals surface area contributed by atoms with Crippen molar-refractivity contribution in [2.75, 3.05) is 13.7 Å². The third kappa shape index (κ3) is 14.9. The number of ether oxygens (including phenoxy) is 3. The lowest BCUT2D eigenvalue weighted by Gasteiger charge is -2.15. The summed E-state index contributed by atoms with van der Waals surface area (Å²) in [5, 5.41) is 2.35. The Morgan fingerprint density at radius 2 is 1.49 bits per heavy atom. The lowest BCUT2D eigenvalue weighted by molar-refractivity contribution is -0.155. The number of benzene rings is 2. The third-order valence-corrected chi connectivity index (χ3v) is 6.07. The maximum Gasteiger partial charge on any atom is 0.332 e. The van der Waals surface area contributed by atoms with Gasteiger partial charge in [0.05, 0.1) is 13.7 Å². The fourth-order valence-electron chi connectivity index (χ4n) is 3.99. The van der Waals surface area contributed by atoms with Crippen LogP contribution in [0.15, 0.2) is 91.1 Å². The fraction of sp³-hybridized carbons (Fsp3) is 0.412. The second-order valence-corrected chi connectivity index (χ2v) is 9.37. The Hall–Kier alpha value is -3.44. The topological polar surface area (TPSA) is 61.8 Å². The molecule has 0 bridgehead atoms. The van der Waals surface area contributed by atoms with Gasteiger partial charge >= 0.3 is 11.9 Å². The molecule has 2 rings (SSSR count). The molecule has 0 N–H and O–H groups in total. The lowest BCUT2D eigenvalue weighted by Crippen LogP contribution is -2.21. The average Bonchev–Trinajstić information content (AvgIpc) is 2.94. The predicted octanol–water partition coefficient (Wildman–Crippen LogP) is 8.20. The van der Waals surface area contributed by atoms with Crippen molar-refractivity contribution in [3.8, 4) is 0 Å². The third-order valence-electron chi connectivity index (χ3n) is 6.07. The van der Waals surface area contributed by atoms with E-state index in [1.165, 1.54) is 12.5 Å². The maximum atomic E-state index is 12.3. The van der Waals surface area contributed by atoms with E-state index in [9.17, 15) is 9.59 Å². The molecule has 0 aliphatic carbocycles. The van der Waals surface area contributed by atoms with E-state index >= 15 is 0 Å². The minimum Gasteiger partial charge on any atom is -0.469 e. The molecular formula is C34H44O5. The minimum absolute atomic E-state index is 0.0435. The Bertz CT molecular complexity index is 1100. The van der Waals surface area contributed by atoms with Gasteiger partial charge in [-0.1, -0.05) is 98.4 Å². The molecule has 0 heterocycles. The Morgan fingerprint density at radius 3 is 2.18 bits per heavy atom. The number of hydrogen-bond acceptors (Lipinski definition) is 5. The molecule has 210 valence electrons. The van der Waals surface area contributed by atoms with Crippen LogP contribution in [0, 0.1) is 0 Å². The molecule has 0 aliphatic heterocycles. The highest BCUT2D eigenvalue weighted by molar-refractivity contribution is 5.83. The van der Waals surface area contributed by atoms with Crippen LogP contribution in [0.2, 0.25) is 0 Å². The van der Waals surface area contributed by atoms with Gasteiger partial charge in [-0.05, 0) is 60.9 Å². The van der Waals surface area contributed by atoms with Crippen molar-refractivity contribution in [1.29, 1.82) is 0 Å². The van der Waals surface area contributed by atoms with Crippen LogP contribution < -0.4 is 0 Å². The zero-order valence-corrected chi connectivity index (χ0v) is 23.6. The number of hydrogen-bond donors (Lipinski definition) is 0. The summed E-state index contributed by atoms with van der Waals surface area (Å²) in [4.78, 5) is 23.3. The molecule has 0 unspecified atom stereocenters. The van der Waals surface area contributed by atoms with Crippen LogP contribution in [-0.2, 0) is 30.4 Å². The fourth-order valence-corrected chi connectivity index (χ4v) is 3.99. The SMILES string of the molecule is CCC[C@H](C/C=C\C/C=C\C/C=C\C/C=C\CCCC(=O)OC)OC(=O)COCc1ccc2ccccc2c1. The number of fused-ring (bicyclic) bond motifs is 1. The normalized spacial score (nSPS) is 12.8. The Labute approximate surface area is 234 Å². The van der Waals surface area contributed by atoms with E-state index in [4.69, 9.17) is 9.47 Å². The number of allylic oxidation sites excluding steroid dienone is 7. The first-order chi connectivity index (χ1) is 19.1. The van der Waals surface area contributed by atoms with Gasteiger partial charge < -0.3 is 14.2 Å². The molecule has 2 aromatic carbocycles. The van der Waals surface area contributed by atoms with Gasteiger partial charge in [0.25, 0.3) is 0 Å². The van der Waals surface area contributed by atoms with Crippen LogP contribution in [0.25, 0.3) is 10.8 Å². The molecule has 5 nitrogen and oxygen atoms in total. The number of rotatable bonds is 19. The number of methoxy groups -OCH3 is 1. The summed E-state index contributed by atoms with van der Waals surface area (Å²) in [5.41, 5.74) is 1.04. The number of esters is 2. The first-order valence-electron chi connectivity index (χ1n) is 14.0. The van der Waals surface area contributed by atoms with E-state index in [1.807, 2.05) is 18.2 Å². The molecule has 39 heavy (non-hydrogen) atoms. The second-order valence-electron chi connectivity index (χ2n) is 9.37. The van der Waals surface area contributed by atoms with Gasteiger partial charge in [0.2, 0.25) is 0 Å². The highest BCUT2D eigenvalue weighted by Crippen LogP contribution is 2.16. The van der Waals surface area contributed by atoms with E-state index in [1.54, 1.807) is 0 Å². The summed E-state index contributed by atoms with van der Waals surface area (Å²) in [6, 6.07) is 14.4. The molecule has 0 amide bonds. The zero-order valence-electron chi connectivity index (χ0n) is 23.6. The number of carbonyl (C=O) groups is 2. The highest BCUT2D eigenvalue weighted by Gasteiger charge is 2.12. The molecule has 0 fully saturated rings. The molecule has 0 saturated carbocycles. The summed E-state index contributed by atoms with van der Waals surface area (Å²) in [5.74, 6) is -0.464. The van der Waals surface area contributed by atoms with Gasteiger partial charge in [0.15, 0.2) is 0 Å². The van der Waals surface area contributed by atoms with Crippen molar-refractivity contribution in [3.63, 3.8) is 0 Å². The smallest absolute Gasteiger partial charge is 0.332 e. The monoisotopic (exact) mass is 532 g/mol. The predicted molar refractivity (Wildman–Crippen MR) is 159 cm³/mol. The Morgan fingerprint density at radius 1 is 0.821 bits per heavy atom. The minimum atomic E-state index is -0.314. The average molecular weight is 533 g/mol. The van der Waals surface area contributed by atoms with Gasteiger partial charge in [-0.3, -0.25) is 4.79 Å². The Kier molecular flexibility index (Phi) is 16.7. The maximum absolute atomic E-state index is 12.3. The van der Waals surface area contributed by atoms with Crippen LogP contribution in [0.1, 0.15) is 70.3 Å². The summed E-state index contributed by atoms with van der Waals surface area (Å²) in [6.45, 7) is 2.44. The van der Waals surface area contributed by atoms with Gasteiger partial charge in [0, 0.05) is 12.8 Å². The van der Waals surface area contributed by atoms with Gasteiger partial charge in [-0.2, -0.15) is 0 Å². The summed E-state index contributed by atoms with van der Waals surface area (Å²) in [7, 11) is 1.42. The summed E-state index contributed by atoms with van der Waals surface area (Å²) in [6.07, 6.45) is 24.3. The van der Waals surface area contributed by atoms with Crippen molar-refractivity contribution >= 4 is 22.7 Å². The van der Waals surface area contributed by atoms with Crippen molar-refractivity contribution in [3.05, 3.63) is 96.6 Å². The quantitative estimate of drug-likeness (QED) is 0.104. The van der Waals surface area contributed by atoms with E-state index < -0.39 is 0 Å². The van der Waals surface area contributed by atoms with Gasteiger partial charge in [-0.15, -0.1) is 0 Å². The van der Waals surface area contributed by atoms with Crippen LogP contribution in [0.4, 0.5) is 0 Å². The molecule has 1 atom stereocenters. The summed E-state index contributed by atoms with van der Waals surface area (Å²) < 4.78 is 15.9. The molecule has 0 aliphatic rings. The first kappa shape index (κ1) is 31.8. The van der Waals surface area contributed by atoms with Crippen molar-refractivity contribution < 1.29 is 23.8 Å². The first-order valence-corrected chi connectivity index (χ1v) is 14.0. The number of carbonyl (C=O) groups excluding carboxylic acids is 2. The molecule has 2 aromatic rings. The zero-order chi connectivity index (χ0) is 28.0. The van der Waals surface area contributed by atoms with Crippen LogP contribution in [-0.4, -0.2) is 31.8 Å². The van der Waals surface area contributed by atoms with Crippen molar-refractivity contribution in [2.24, 2.45) is 0 Å². The van der Waals surface area contributed by atoms with Crippen molar-refractivity contribution in [1.82, 2.24) is 0 Å². The molecule has 0 radical (unpaired) electrons. The lowest BCUT2D eigenvalue weighted by atomic mass is 10.1. The number of unbranched alkanes of at least 4 members (excludes halogenated alkanes) is 1. The van der Waals surface area contributed by atoms with E-state index in [0.29, 0.717) is 19.4 Å². The van der Waals surface area contributed by atoms with E-state index in [-0.39, 0.29) is 24.6 Å². The summed E-state index contributed by atoms with van der Waals surface area (Å²) >= 11 is 0. The molecule has 5 heteroatoms. The molecule has 0 saturated heterocycles. The van der Waals surface area contributed by atoms with E-state index in [2.05, 4.69) is 84.5 Å². The molecule has 0 spiro atoms. The largest absolute Gasteiger partial charge is 0.469 e. The van der Waals surface area contributed by atoms with Crippen LogP contribution >= 0.6 is 0 Å². The Balaban J connectivity index is 1.56. The van der Waals surface area contributed by atoms with Crippen LogP contribution in [0.3, 0.4) is 0 Å². The standard InChI is InChI=1S/C34H44O5/c1-3-19-32(39-34(36)28-38-27-29-24-25-30-20-17-18-21-31(30)26-29)22-15-13-11-9-7-5-4-6-8-10-12-14-16-23-33(35)37-2/h4,6-7,9-10,12-13,15,17-18,20-21,24-26,32H,3,5,8,11,14,16,19,22-23,27-28H2,1-2H3/b6-4-,9-7-,12-10-,15-13-/t32-/m1/s1. The van der Waals surface area contributed by atoms with Crippen LogP contribution in [0.5, 0.6) is 0 Å².